The van der Waals surface area contributed by atoms with Gasteiger partial charge >= 0.3 is 0 Å². The van der Waals surface area contributed by atoms with Crippen LogP contribution in [0.15, 0.2) is 40.0 Å². The van der Waals surface area contributed by atoms with Gasteiger partial charge in [-0.3, -0.25) is 10.1 Å². The summed E-state index contributed by atoms with van der Waals surface area (Å²) >= 11 is 3.34. The molecule has 0 saturated carbocycles. The second-order valence-corrected chi connectivity index (χ2v) is 8.71. The third-order valence-electron chi connectivity index (χ3n) is 4.84. The summed E-state index contributed by atoms with van der Waals surface area (Å²) in [7, 11) is 0. The van der Waals surface area contributed by atoms with Gasteiger partial charge in [0.1, 0.15) is 16.2 Å². The minimum Gasteiger partial charge on any atom is -0.420 e. The first-order valence-electron chi connectivity index (χ1n) is 9.14. The normalized spacial score (nSPS) is 13.5. The Morgan fingerprint density at radius 3 is 2.79 bits per heavy atom. The lowest BCUT2D eigenvalue weighted by Crippen LogP contribution is -1.99. The van der Waals surface area contributed by atoms with Crippen molar-refractivity contribution in [3.63, 3.8) is 0 Å². The summed E-state index contributed by atoms with van der Waals surface area (Å²) < 4.78 is 5.74. The van der Waals surface area contributed by atoms with Gasteiger partial charge < -0.3 is 4.42 Å². The zero-order chi connectivity index (χ0) is 19.8. The smallest absolute Gasteiger partial charge is 0.269 e. The summed E-state index contributed by atoms with van der Waals surface area (Å²) in [4.78, 5) is 21.8. The van der Waals surface area contributed by atoms with Crippen molar-refractivity contribution in [2.24, 2.45) is 0 Å². The summed E-state index contributed by atoms with van der Waals surface area (Å²) in [6.45, 7) is 0. The van der Waals surface area contributed by atoms with Crippen molar-refractivity contribution in [1.29, 1.82) is 0 Å². The monoisotopic (exact) mass is 425 g/mol. The first-order chi connectivity index (χ1) is 14.2. The Morgan fingerprint density at radius 2 is 1.97 bits per heavy atom. The SMILES string of the molecule is O=[N+]([O-])c1ccc(-c2nnc(CSc3ncnc4sc5c(c34)CCCC5)o2)cc1. The first kappa shape index (κ1) is 18.2. The number of nitro groups is 1. The van der Waals surface area contributed by atoms with Crippen LogP contribution in [0.5, 0.6) is 0 Å². The molecule has 29 heavy (non-hydrogen) atoms. The van der Waals surface area contributed by atoms with Crippen LogP contribution in [0, 0.1) is 10.1 Å². The highest BCUT2D eigenvalue weighted by molar-refractivity contribution is 7.98. The quantitative estimate of drug-likeness (QED) is 0.194. The molecule has 5 rings (SSSR count). The minimum atomic E-state index is -0.439. The summed E-state index contributed by atoms with van der Waals surface area (Å²) in [5.41, 5.74) is 2.07. The summed E-state index contributed by atoms with van der Waals surface area (Å²) in [5.74, 6) is 1.33. The van der Waals surface area contributed by atoms with E-state index in [1.807, 2.05) is 0 Å². The van der Waals surface area contributed by atoms with Gasteiger partial charge in [-0.2, -0.15) is 0 Å². The van der Waals surface area contributed by atoms with E-state index in [2.05, 4.69) is 20.2 Å². The summed E-state index contributed by atoms with van der Waals surface area (Å²) in [6.07, 6.45) is 6.27. The van der Waals surface area contributed by atoms with Crippen LogP contribution in [0.25, 0.3) is 21.7 Å². The van der Waals surface area contributed by atoms with Gasteiger partial charge in [0.15, 0.2) is 0 Å². The van der Waals surface area contributed by atoms with Gasteiger partial charge in [-0.05, 0) is 43.4 Å². The van der Waals surface area contributed by atoms with E-state index in [9.17, 15) is 10.1 Å². The molecular formula is C19H15N5O3S2. The molecule has 10 heteroatoms. The number of hydrogen-bond donors (Lipinski definition) is 0. The van der Waals surface area contributed by atoms with Crippen molar-refractivity contribution in [3.05, 3.63) is 57.0 Å². The number of nitro benzene ring substituents is 1. The van der Waals surface area contributed by atoms with Crippen molar-refractivity contribution in [2.75, 3.05) is 0 Å². The molecule has 0 unspecified atom stereocenters. The van der Waals surface area contributed by atoms with Crippen molar-refractivity contribution >= 4 is 39.0 Å². The van der Waals surface area contributed by atoms with Gasteiger partial charge in [0.25, 0.3) is 5.69 Å². The number of hydrogen-bond acceptors (Lipinski definition) is 9. The molecule has 0 radical (unpaired) electrons. The second kappa shape index (κ2) is 7.53. The molecule has 0 fully saturated rings. The first-order valence-corrected chi connectivity index (χ1v) is 10.9. The number of nitrogens with zero attached hydrogens (tertiary/aromatic N) is 5. The van der Waals surface area contributed by atoms with Gasteiger partial charge in [-0.25, -0.2) is 9.97 Å². The van der Waals surface area contributed by atoms with Crippen LogP contribution in [0.3, 0.4) is 0 Å². The molecule has 1 aliphatic rings. The molecule has 0 atom stereocenters. The van der Waals surface area contributed by atoms with E-state index >= 15 is 0 Å². The molecule has 0 N–H and O–H groups in total. The maximum absolute atomic E-state index is 10.8. The second-order valence-electron chi connectivity index (χ2n) is 6.66. The van der Waals surface area contributed by atoms with Gasteiger partial charge in [0.2, 0.25) is 11.8 Å². The maximum atomic E-state index is 10.8. The van der Waals surface area contributed by atoms with Gasteiger partial charge in [-0.15, -0.1) is 21.5 Å². The number of benzene rings is 1. The molecule has 3 aromatic heterocycles. The van der Waals surface area contributed by atoms with Crippen LogP contribution in [0.4, 0.5) is 5.69 Å². The van der Waals surface area contributed by atoms with Gasteiger partial charge in [0, 0.05) is 28.0 Å². The molecule has 146 valence electrons. The van der Waals surface area contributed by atoms with Crippen molar-refractivity contribution in [2.45, 2.75) is 36.5 Å². The summed E-state index contributed by atoms with van der Waals surface area (Å²) in [6, 6.07) is 6.05. The predicted molar refractivity (Wildman–Crippen MR) is 110 cm³/mol. The Kier molecular flexibility index (Phi) is 4.72. The molecular weight excluding hydrogens is 410 g/mol. The fourth-order valence-electron chi connectivity index (χ4n) is 3.46. The molecule has 8 nitrogen and oxygen atoms in total. The Morgan fingerprint density at radius 1 is 1.14 bits per heavy atom. The number of aryl methyl sites for hydroxylation is 2. The third-order valence-corrected chi connectivity index (χ3v) is 7.01. The van der Waals surface area contributed by atoms with Crippen molar-refractivity contribution in [3.8, 4) is 11.5 Å². The number of thioether (sulfide) groups is 1. The Bertz CT molecular complexity index is 1200. The van der Waals surface area contributed by atoms with E-state index in [0.29, 0.717) is 23.1 Å². The van der Waals surface area contributed by atoms with E-state index in [0.717, 1.165) is 22.7 Å². The molecule has 1 aromatic carbocycles. The minimum absolute atomic E-state index is 0.0240. The molecule has 4 aromatic rings. The standard InChI is InChI=1S/C19H15N5O3S2/c25-24(26)12-7-5-11(6-8-12)17-23-22-15(27-17)9-28-18-16-13-3-1-2-4-14(13)29-19(16)21-10-20-18/h5-8,10H,1-4,9H2. The Balaban J connectivity index is 1.36. The van der Waals surface area contributed by atoms with Crippen LogP contribution in [-0.2, 0) is 18.6 Å². The third kappa shape index (κ3) is 3.49. The van der Waals surface area contributed by atoms with Gasteiger partial charge in [-0.1, -0.05) is 11.8 Å². The van der Waals surface area contributed by atoms with E-state index < -0.39 is 4.92 Å². The molecule has 3 heterocycles. The largest absolute Gasteiger partial charge is 0.420 e. The zero-order valence-corrected chi connectivity index (χ0v) is 16.8. The average molecular weight is 425 g/mol. The molecule has 0 aliphatic heterocycles. The van der Waals surface area contributed by atoms with Gasteiger partial charge in [0.05, 0.1) is 10.7 Å². The highest BCUT2D eigenvalue weighted by atomic mass is 32.2. The number of fused-ring (bicyclic) bond motifs is 3. The lowest BCUT2D eigenvalue weighted by atomic mass is 9.97. The fourth-order valence-corrected chi connectivity index (χ4v) is 5.61. The number of thiophene rings is 1. The van der Waals surface area contributed by atoms with E-state index in [-0.39, 0.29) is 5.69 Å². The topological polar surface area (TPSA) is 108 Å². The molecule has 0 spiro atoms. The van der Waals surface area contributed by atoms with E-state index in [1.54, 1.807) is 41.6 Å². The fraction of sp³-hybridized carbons (Fsp3) is 0.263. The van der Waals surface area contributed by atoms with Crippen LogP contribution >= 0.6 is 23.1 Å². The molecule has 0 amide bonds. The lowest BCUT2D eigenvalue weighted by Gasteiger charge is -2.11. The molecule has 0 bridgehead atoms. The van der Waals surface area contributed by atoms with Crippen LogP contribution in [0.2, 0.25) is 0 Å². The summed E-state index contributed by atoms with van der Waals surface area (Å²) in [5, 5.41) is 21.1. The number of aromatic nitrogens is 4. The van der Waals surface area contributed by atoms with Crippen LogP contribution in [-0.4, -0.2) is 25.1 Å². The Labute approximate surface area is 173 Å². The van der Waals surface area contributed by atoms with Crippen molar-refractivity contribution < 1.29 is 9.34 Å². The molecule has 0 saturated heterocycles. The maximum Gasteiger partial charge on any atom is 0.269 e. The highest BCUT2D eigenvalue weighted by Gasteiger charge is 2.20. The highest BCUT2D eigenvalue weighted by Crippen LogP contribution is 2.39. The average Bonchev–Trinajstić information content (AvgIpc) is 3.37. The van der Waals surface area contributed by atoms with E-state index in [1.165, 1.54) is 40.8 Å². The lowest BCUT2D eigenvalue weighted by molar-refractivity contribution is -0.384. The number of non-ortho nitro benzene ring substituents is 1. The van der Waals surface area contributed by atoms with Crippen LogP contribution < -0.4 is 0 Å². The van der Waals surface area contributed by atoms with Crippen molar-refractivity contribution in [1.82, 2.24) is 20.2 Å². The predicted octanol–water partition coefficient (Wildman–Crippen LogP) is 4.82. The Hall–Kier alpha value is -2.85. The van der Waals surface area contributed by atoms with E-state index in [4.69, 9.17) is 4.42 Å². The zero-order valence-electron chi connectivity index (χ0n) is 15.2. The molecule has 1 aliphatic carbocycles. The van der Waals surface area contributed by atoms with Crippen LogP contribution in [0.1, 0.15) is 29.2 Å². The number of rotatable bonds is 5.